The van der Waals surface area contributed by atoms with Crippen LogP contribution in [0.3, 0.4) is 0 Å². The summed E-state index contributed by atoms with van der Waals surface area (Å²) in [6.07, 6.45) is 4.99. The molecule has 4 nitrogen and oxygen atoms in total. The summed E-state index contributed by atoms with van der Waals surface area (Å²) in [7, 11) is 0. The second-order valence-electron chi connectivity index (χ2n) is 4.13. The molecule has 1 heterocycles. The van der Waals surface area contributed by atoms with Crippen LogP contribution in [-0.2, 0) is 0 Å². The quantitative estimate of drug-likeness (QED) is 0.734. The molecular formula is C10H14IN3O. The van der Waals surface area contributed by atoms with E-state index in [-0.39, 0.29) is 11.4 Å². The van der Waals surface area contributed by atoms with Gasteiger partial charge >= 0.3 is 0 Å². The van der Waals surface area contributed by atoms with Crippen molar-refractivity contribution in [2.45, 2.75) is 24.8 Å². The number of rotatable bonds is 3. The Morgan fingerprint density at radius 1 is 1.67 bits per heavy atom. The molecule has 0 aromatic carbocycles. The highest BCUT2D eigenvalue weighted by Gasteiger charge is 2.32. The van der Waals surface area contributed by atoms with E-state index in [9.17, 15) is 4.79 Å². The number of amides is 1. The molecule has 1 aromatic rings. The third-order valence-electron chi connectivity index (χ3n) is 2.84. The minimum absolute atomic E-state index is 0.0744. The Kier molecular flexibility index (Phi) is 3.01. The molecular weight excluding hydrogens is 305 g/mol. The van der Waals surface area contributed by atoms with Gasteiger partial charge in [0.05, 0.1) is 0 Å². The minimum atomic E-state index is -0.157. The summed E-state index contributed by atoms with van der Waals surface area (Å²) < 4.78 is 1.03. The molecule has 0 atom stereocenters. The third-order valence-corrected chi connectivity index (χ3v) is 3.47. The smallest absolute Gasteiger partial charge is 0.267 e. The van der Waals surface area contributed by atoms with Gasteiger partial charge in [-0.25, -0.2) is 0 Å². The fourth-order valence-corrected chi connectivity index (χ4v) is 2.13. The molecule has 1 aliphatic carbocycles. The van der Waals surface area contributed by atoms with Gasteiger partial charge in [0.2, 0.25) is 0 Å². The summed E-state index contributed by atoms with van der Waals surface area (Å²) in [6.45, 7) is 0.571. The van der Waals surface area contributed by atoms with Crippen LogP contribution in [0.2, 0.25) is 0 Å². The molecule has 0 saturated heterocycles. The summed E-state index contributed by atoms with van der Waals surface area (Å²) in [4.78, 5) is 14.6. The van der Waals surface area contributed by atoms with E-state index < -0.39 is 0 Å². The van der Waals surface area contributed by atoms with Gasteiger partial charge in [-0.15, -0.1) is 0 Å². The van der Waals surface area contributed by atoms with Crippen molar-refractivity contribution >= 4 is 28.5 Å². The lowest BCUT2D eigenvalue weighted by Gasteiger charge is -2.38. The molecule has 15 heavy (non-hydrogen) atoms. The Morgan fingerprint density at radius 2 is 2.40 bits per heavy atom. The number of nitrogens with one attached hydrogen (secondary N) is 2. The second kappa shape index (κ2) is 4.13. The summed E-state index contributed by atoms with van der Waals surface area (Å²) in [5.74, 6) is -0.0744. The standard InChI is InChI=1S/C10H14IN3O/c11-7-4-8(13-5-7)9(15)14-6-10(12)2-1-3-10/h4-5,13H,1-3,6,12H2,(H,14,15). The van der Waals surface area contributed by atoms with Crippen LogP contribution in [0, 0.1) is 3.57 Å². The van der Waals surface area contributed by atoms with Crippen molar-refractivity contribution < 1.29 is 4.79 Å². The monoisotopic (exact) mass is 319 g/mol. The lowest BCUT2D eigenvalue weighted by molar-refractivity contribution is 0.0925. The van der Waals surface area contributed by atoms with Gasteiger partial charge < -0.3 is 16.0 Å². The number of hydrogen-bond acceptors (Lipinski definition) is 2. The van der Waals surface area contributed by atoms with E-state index in [4.69, 9.17) is 5.73 Å². The van der Waals surface area contributed by atoms with Gasteiger partial charge in [0.25, 0.3) is 5.91 Å². The summed E-state index contributed by atoms with van der Waals surface area (Å²) in [6, 6.07) is 1.82. The summed E-state index contributed by atoms with van der Waals surface area (Å²) in [5.41, 5.74) is 6.45. The van der Waals surface area contributed by atoms with E-state index in [1.54, 1.807) is 6.20 Å². The zero-order valence-corrected chi connectivity index (χ0v) is 10.5. The molecule has 1 amide bonds. The zero-order chi connectivity index (χ0) is 10.9. The van der Waals surface area contributed by atoms with Crippen LogP contribution < -0.4 is 11.1 Å². The van der Waals surface area contributed by atoms with Gasteiger partial charge in [0.15, 0.2) is 0 Å². The molecule has 0 radical (unpaired) electrons. The maximum atomic E-state index is 11.6. The highest BCUT2D eigenvalue weighted by atomic mass is 127. The van der Waals surface area contributed by atoms with Crippen LogP contribution >= 0.6 is 22.6 Å². The fraction of sp³-hybridized carbons (Fsp3) is 0.500. The molecule has 4 N–H and O–H groups in total. The summed E-state index contributed by atoms with van der Waals surface area (Å²) >= 11 is 2.16. The van der Waals surface area contributed by atoms with Crippen molar-refractivity contribution in [3.05, 3.63) is 21.5 Å². The van der Waals surface area contributed by atoms with E-state index >= 15 is 0 Å². The maximum absolute atomic E-state index is 11.6. The zero-order valence-electron chi connectivity index (χ0n) is 8.35. The molecule has 0 spiro atoms. The maximum Gasteiger partial charge on any atom is 0.267 e. The Bertz CT molecular complexity index is 370. The number of nitrogens with two attached hydrogens (primary N) is 1. The minimum Gasteiger partial charge on any atom is -0.356 e. The molecule has 0 unspecified atom stereocenters. The highest BCUT2D eigenvalue weighted by Crippen LogP contribution is 2.28. The Labute approximate surface area is 102 Å². The Hall–Kier alpha value is -0.560. The lowest BCUT2D eigenvalue weighted by atomic mass is 9.78. The van der Waals surface area contributed by atoms with E-state index in [2.05, 4.69) is 32.9 Å². The van der Waals surface area contributed by atoms with Crippen LogP contribution in [0.4, 0.5) is 0 Å². The van der Waals surface area contributed by atoms with E-state index in [1.807, 2.05) is 6.07 Å². The predicted molar refractivity (Wildman–Crippen MR) is 66.6 cm³/mol. The van der Waals surface area contributed by atoms with E-state index in [1.165, 1.54) is 6.42 Å². The highest BCUT2D eigenvalue weighted by molar-refractivity contribution is 14.1. The second-order valence-corrected chi connectivity index (χ2v) is 5.38. The molecule has 0 bridgehead atoms. The van der Waals surface area contributed by atoms with Crippen molar-refractivity contribution in [3.63, 3.8) is 0 Å². The number of hydrogen-bond donors (Lipinski definition) is 3. The van der Waals surface area contributed by atoms with Crippen LogP contribution in [0.5, 0.6) is 0 Å². The first-order chi connectivity index (χ1) is 7.09. The predicted octanol–water partition coefficient (Wildman–Crippen LogP) is 1.23. The SMILES string of the molecule is NC1(CNC(=O)c2cc(I)c[nH]2)CCC1. The number of carbonyl (C=O) groups is 1. The number of carbonyl (C=O) groups excluding carboxylic acids is 1. The largest absolute Gasteiger partial charge is 0.356 e. The first-order valence-corrected chi connectivity index (χ1v) is 6.08. The molecule has 5 heteroatoms. The first-order valence-electron chi connectivity index (χ1n) is 5.00. The van der Waals surface area contributed by atoms with Gasteiger partial charge in [-0.3, -0.25) is 4.79 Å². The molecule has 2 rings (SSSR count). The first kappa shape index (κ1) is 10.9. The lowest BCUT2D eigenvalue weighted by Crippen LogP contribution is -2.54. The van der Waals surface area contributed by atoms with Crippen LogP contribution in [0.25, 0.3) is 0 Å². The number of aromatic amines is 1. The molecule has 0 aliphatic heterocycles. The van der Waals surface area contributed by atoms with Crippen molar-refractivity contribution in [1.82, 2.24) is 10.3 Å². The number of aromatic nitrogens is 1. The van der Waals surface area contributed by atoms with Gasteiger partial charge in [-0.1, -0.05) is 0 Å². The van der Waals surface area contributed by atoms with Crippen LogP contribution in [0.15, 0.2) is 12.3 Å². The van der Waals surface area contributed by atoms with E-state index in [0.717, 1.165) is 16.4 Å². The molecule has 1 fully saturated rings. The Balaban J connectivity index is 1.87. The average Bonchev–Trinajstić information content (AvgIpc) is 2.58. The summed E-state index contributed by atoms with van der Waals surface area (Å²) in [5, 5.41) is 2.86. The van der Waals surface area contributed by atoms with E-state index in [0.29, 0.717) is 12.2 Å². The topological polar surface area (TPSA) is 70.9 Å². The van der Waals surface area contributed by atoms with Gasteiger partial charge in [0.1, 0.15) is 5.69 Å². The number of H-pyrrole nitrogens is 1. The normalized spacial score (nSPS) is 18.3. The van der Waals surface area contributed by atoms with Gasteiger partial charge in [-0.2, -0.15) is 0 Å². The molecule has 1 aromatic heterocycles. The fourth-order valence-electron chi connectivity index (χ4n) is 1.66. The van der Waals surface area contributed by atoms with Gasteiger partial charge in [0, 0.05) is 21.9 Å². The number of halogens is 1. The Morgan fingerprint density at radius 3 is 2.87 bits per heavy atom. The third kappa shape index (κ3) is 2.52. The van der Waals surface area contributed by atoms with Gasteiger partial charge in [-0.05, 0) is 47.9 Å². The van der Waals surface area contributed by atoms with Crippen molar-refractivity contribution in [3.8, 4) is 0 Å². The molecule has 1 saturated carbocycles. The van der Waals surface area contributed by atoms with Crippen molar-refractivity contribution in [1.29, 1.82) is 0 Å². The molecule has 82 valence electrons. The van der Waals surface area contributed by atoms with Crippen LogP contribution in [-0.4, -0.2) is 23.0 Å². The average molecular weight is 319 g/mol. The molecule has 1 aliphatic rings. The van der Waals surface area contributed by atoms with Crippen molar-refractivity contribution in [2.75, 3.05) is 6.54 Å². The van der Waals surface area contributed by atoms with Crippen molar-refractivity contribution in [2.24, 2.45) is 5.73 Å². The van der Waals surface area contributed by atoms with Crippen LogP contribution in [0.1, 0.15) is 29.8 Å².